The highest BCUT2D eigenvalue weighted by atomic mass is 16.5. The average molecular weight is 289 g/mol. The second-order valence-electron chi connectivity index (χ2n) is 4.22. The molecule has 1 heterocycles. The van der Waals surface area contributed by atoms with Crippen molar-refractivity contribution in [1.29, 1.82) is 0 Å². The predicted octanol–water partition coefficient (Wildman–Crippen LogP) is 0.775. The molecule has 2 aromatic rings. The topological polar surface area (TPSA) is 115 Å². The van der Waals surface area contributed by atoms with Crippen molar-refractivity contribution < 1.29 is 14.7 Å². The molecule has 21 heavy (non-hydrogen) atoms. The Morgan fingerprint density at radius 3 is 2.86 bits per heavy atom. The maximum absolute atomic E-state index is 12.2. The maximum Gasteiger partial charge on any atom is 0.258 e. The quantitative estimate of drug-likeness (QED) is 0.333. The summed E-state index contributed by atoms with van der Waals surface area (Å²) >= 11 is 0. The van der Waals surface area contributed by atoms with Crippen molar-refractivity contribution in [3.63, 3.8) is 0 Å². The normalized spacial score (nSPS) is 11.2. The average Bonchev–Trinajstić information content (AvgIpc) is 2.93. The molecule has 0 aliphatic carbocycles. The number of aromatic nitrogens is 2. The highest BCUT2D eigenvalue weighted by Crippen LogP contribution is 2.28. The number of hydrogen-bond donors (Lipinski definition) is 3. The molecule has 4 N–H and O–H groups in total. The molecule has 0 unspecified atom stereocenters. The van der Waals surface area contributed by atoms with Crippen LogP contribution in [0, 0.1) is 0 Å². The molecule has 0 saturated heterocycles. The van der Waals surface area contributed by atoms with Gasteiger partial charge in [-0.1, -0.05) is 11.2 Å². The van der Waals surface area contributed by atoms with Crippen molar-refractivity contribution in [3.05, 3.63) is 41.7 Å². The molecule has 2 rings (SSSR count). The number of amidine groups is 1. The van der Waals surface area contributed by atoms with Crippen LogP contribution in [0.2, 0.25) is 0 Å². The smallest absolute Gasteiger partial charge is 0.258 e. The number of carbonyl (C=O) groups is 1. The van der Waals surface area contributed by atoms with E-state index in [1.165, 1.54) is 18.0 Å². The van der Waals surface area contributed by atoms with Gasteiger partial charge in [-0.25, -0.2) is 0 Å². The van der Waals surface area contributed by atoms with Gasteiger partial charge in [-0.3, -0.25) is 9.48 Å². The first-order valence-corrected chi connectivity index (χ1v) is 6.01. The lowest BCUT2D eigenvalue weighted by atomic mass is 10.1. The number of para-hydroxylation sites is 1. The van der Waals surface area contributed by atoms with Crippen molar-refractivity contribution in [2.45, 2.75) is 0 Å². The molecule has 110 valence electrons. The van der Waals surface area contributed by atoms with Crippen LogP contribution in [-0.4, -0.2) is 33.8 Å². The highest BCUT2D eigenvalue weighted by molar-refractivity contribution is 6.10. The van der Waals surface area contributed by atoms with Gasteiger partial charge in [-0.15, -0.1) is 0 Å². The molecule has 8 nitrogen and oxygen atoms in total. The number of hydrogen-bond acceptors (Lipinski definition) is 5. The zero-order valence-electron chi connectivity index (χ0n) is 11.6. The van der Waals surface area contributed by atoms with Crippen LogP contribution < -0.4 is 15.8 Å². The van der Waals surface area contributed by atoms with E-state index < -0.39 is 0 Å². The third kappa shape index (κ3) is 2.94. The van der Waals surface area contributed by atoms with E-state index >= 15 is 0 Å². The summed E-state index contributed by atoms with van der Waals surface area (Å²) in [5, 5.41) is 18.4. The number of methoxy groups -OCH3 is 1. The second kappa shape index (κ2) is 5.95. The number of nitrogens with two attached hydrogens (primary N) is 1. The van der Waals surface area contributed by atoms with Crippen LogP contribution in [0.4, 0.5) is 5.69 Å². The lowest BCUT2D eigenvalue weighted by Gasteiger charge is -2.13. The number of oxime groups is 1. The lowest BCUT2D eigenvalue weighted by Crippen LogP contribution is -2.19. The first-order valence-electron chi connectivity index (χ1n) is 6.01. The van der Waals surface area contributed by atoms with Crippen LogP contribution in [0.25, 0.3) is 0 Å². The molecule has 0 bridgehead atoms. The van der Waals surface area contributed by atoms with E-state index in [2.05, 4.69) is 15.6 Å². The molecule has 1 amide bonds. The van der Waals surface area contributed by atoms with Crippen molar-refractivity contribution >= 4 is 17.4 Å². The van der Waals surface area contributed by atoms with E-state index in [4.69, 9.17) is 15.7 Å². The summed E-state index contributed by atoms with van der Waals surface area (Å²) in [6.07, 6.45) is 3.02. The molecule has 0 aliphatic heterocycles. The zero-order valence-corrected chi connectivity index (χ0v) is 11.6. The van der Waals surface area contributed by atoms with Crippen molar-refractivity contribution in [2.75, 3.05) is 12.4 Å². The highest BCUT2D eigenvalue weighted by Gasteiger charge is 2.17. The number of nitrogens with one attached hydrogen (secondary N) is 1. The van der Waals surface area contributed by atoms with Crippen LogP contribution in [0.5, 0.6) is 5.75 Å². The molecule has 8 heteroatoms. The van der Waals surface area contributed by atoms with Gasteiger partial charge in [0.2, 0.25) is 0 Å². The standard InChI is InChI=1S/C13H15N5O3/c1-18-7-8(6-15-18)13(19)16-11-9(12(14)17-20)4-3-5-10(11)21-2/h3-7,20H,1-2H3,(H2,14,17)(H,16,19). The summed E-state index contributed by atoms with van der Waals surface area (Å²) < 4.78 is 6.71. The van der Waals surface area contributed by atoms with Gasteiger partial charge in [0.25, 0.3) is 5.91 Å². The summed E-state index contributed by atoms with van der Waals surface area (Å²) in [4.78, 5) is 12.2. The Morgan fingerprint density at radius 1 is 1.52 bits per heavy atom. The second-order valence-corrected chi connectivity index (χ2v) is 4.22. The first kappa shape index (κ1) is 14.4. The third-order valence-corrected chi connectivity index (χ3v) is 2.84. The first-order chi connectivity index (χ1) is 10.1. The number of ether oxygens (including phenoxy) is 1. The summed E-state index contributed by atoms with van der Waals surface area (Å²) in [5.41, 5.74) is 6.68. The van der Waals surface area contributed by atoms with Crippen molar-refractivity contribution in [1.82, 2.24) is 9.78 Å². The largest absolute Gasteiger partial charge is 0.495 e. The fraction of sp³-hybridized carbons (Fsp3) is 0.154. The van der Waals surface area contributed by atoms with Gasteiger partial charge in [-0.2, -0.15) is 5.10 Å². The van der Waals surface area contributed by atoms with Gasteiger partial charge in [-0.05, 0) is 12.1 Å². The molecule has 0 saturated carbocycles. The van der Waals surface area contributed by atoms with E-state index in [0.29, 0.717) is 22.6 Å². The number of rotatable bonds is 4. The zero-order chi connectivity index (χ0) is 15.4. The van der Waals surface area contributed by atoms with E-state index in [1.807, 2.05) is 0 Å². The number of nitrogens with zero attached hydrogens (tertiary/aromatic N) is 3. The van der Waals surface area contributed by atoms with E-state index in [1.54, 1.807) is 31.4 Å². The van der Waals surface area contributed by atoms with Crippen LogP contribution in [0.15, 0.2) is 35.7 Å². The lowest BCUT2D eigenvalue weighted by molar-refractivity contribution is 0.102. The Balaban J connectivity index is 2.40. The Bertz CT molecular complexity index is 693. The Hall–Kier alpha value is -3.03. The van der Waals surface area contributed by atoms with E-state index in [9.17, 15) is 4.79 Å². The van der Waals surface area contributed by atoms with Crippen molar-refractivity contribution in [3.8, 4) is 5.75 Å². The Labute approximate surface area is 120 Å². The van der Waals surface area contributed by atoms with E-state index in [-0.39, 0.29) is 11.7 Å². The molecular weight excluding hydrogens is 274 g/mol. The number of carbonyl (C=O) groups excluding carboxylic acids is 1. The summed E-state index contributed by atoms with van der Waals surface area (Å²) in [7, 11) is 3.17. The molecular formula is C13H15N5O3. The molecule has 0 spiro atoms. The van der Waals surface area contributed by atoms with Crippen LogP contribution in [-0.2, 0) is 7.05 Å². The Morgan fingerprint density at radius 2 is 2.29 bits per heavy atom. The van der Waals surface area contributed by atoms with Gasteiger partial charge in [0.05, 0.1) is 24.6 Å². The molecule has 0 radical (unpaired) electrons. The molecule has 1 aromatic carbocycles. The Kier molecular flexibility index (Phi) is 4.07. The molecule has 0 fully saturated rings. The molecule has 0 atom stereocenters. The molecule has 0 aliphatic rings. The number of amides is 1. The van der Waals surface area contributed by atoms with Gasteiger partial charge in [0, 0.05) is 18.8 Å². The van der Waals surface area contributed by atoms with Crippen LogP contribution in [0.3, 0.4) is 0 Å². The fourth-order valence-electron chi connectivity index (χ4n) is 1.82. The minimum Gasteiger partial charge on any atom is -0.495 e. The van der Waals surface area contributed by atoms with Crippen LogP contribution >= 0.6 is 0 Å². The van der Waals surface area contributed by atoms with Gasteiger partial charge < -0.3 is 21.0 Å². The minimum atomic E-state index is -0.375. The van der Waals surface area contributed by atoms with Crippen LogP contribution in [0.1, 0.15) is 15.9 Å². The SMILES string of the molecule is COc1cccc(/C(N)=N/O)c1NC(=O)c1cnn(C)c1. The summed E-state index contributed by atoms with van der Waals surface area (Å²) in [6, 6.07) is 4.94. The predicted molar refractivity (Wildman–Crippen MR) is 76.7 cm³/mol. The number of aryl methyl sites for hydroxylation is 1. The maximum atomic E-state index is 12.2. The van der Waals surface area contributed by atoms with Crippen molar-refractivity contribution in [2.24, 2.45) is 17.9 Å². The fourth-order valence-corrected chi connectivity index (χ4v) is 1.82. The summed E-state index contributed by atoms with van der Waals surface area (Å²) in [6.45, 7) is 0. The number of anilines is 1. The number of benzene rings is 1. The minimum absolute atomic E-state index is 0.129. The van der Waals surface area contributed by atoms with Gasteiger partial charge in [0.15, 0.2) is 5.84 Å². The summed E-state index contributed by atoms with van der Waals surface area (Å²) in [5.74, 6) is -0.105. The van der Waals surface area contributed by atoms with E-state index in [0.717, 1.165) is 0 Å². The molecule has 1 aromatic heterocycles. The monoisotopic (exact) mass is 289 g/mol. The third-order valence-electron chi connectivity index (χ3n) is 2.84. The van der Waals surface area contributed by atoms with Gasteiger partial charge in [0.1, 0.15) is 5.75 Å². The van der Waals surface area contributed by atoms with Gasteiger partial charge >= 0.3 is 0 Å².